The molecule has 4 aliphatic heterocycles. The third-order valence-corrected chi connectivity index (χ3v) is 10.9. The number of amides is 5. The van der Waals surface area contributed by atoms with Crippen molar-refractivity contribution in [1.82, 2.24) is 34.4 Å². The average molecular weight is 711 g/mol. The summed E-state index contributed by atoms with van der Waals surface area (Å²) in [4.78, 5) is 55.5. The molecule has 5 amide bonds. The molecule has 3 N–H and O–H groups in total. The lowest BCUT2D eigenvalue weighted by atomic mass is 9.93. The van der Waals surface area contributed by atoms with E-state index in [-0.39, 0.29) is 35.1 Å². The van der Waals surface area contributed by atoms with Gasteiger partial charge in [-0.25, -0.2) is 22.3 Å². The van der Waals surface area contributed by atoms with Crippen molar-refractivity contribution in [2.24, 2.45) is 11.8 Å². The van der Waals surface area contributed by atoms with Crippen molar-refractivity contribution in [3.63, 3.8) is 0 Å². The van der Waals surface area contributed by atoms with Gasteiger partial charge in [0, 0.05) is 89.4 Å². The van der Waals surface area contributed by atoms with Crippen molar-refractivity contribution in [2.45, 2.75) is 64.7 Å². The first-order valence-corrected chi connectivity index (χ1v) is 19.2. The molecule has 1 atom stereocenters. The lowest BCUT2D eigenvalue weighted by Gasteiger charge is -2.32. The van der Waals surface area contributed by atoms with E-state index in [2.05, 4.69) is 15.8 Å². The first-order chi connectivity index (χ1) is 23.1. The number of carboxylic acid groups (broad SMARTS) is 1. The molecule has 4 fully saturated rings. The second-order valence-electron chi connectivity index (χ2n) is 14.4. The third-order valence-electron chi connectivity index (χ3n) is 9.58. The molecule has 1 aromatic rings. The summed E-state index contributed by atoms with van der Waals surface area (Å²) in [6, 6.07) is 1.47. The lowest BCUT2D eigenvalue weighted by Crippen LogP contribution is -2.45. The third kappa shape index (κ3) is 11.0. The molecule has 0 aromatic carbocycles. The summed E-state index contributed by atoms with van der Waals surface area (Å²) in [6.07, 6.45) is 4.81. The van der Waals surface area contributed by atoms with Gasteiger partial charge in [0.05, 0.1) is 12.2 Å². The van der Waals surface area contributed by atoms with Gasteiger partial charge >= 0.3 is 12.1 Å². The zero-order valence-corrected chi connectivity index (χ0v) is 30.2. The molecule has 0 saturated carbocycles. The van der Waals surface area contributed by atoms with Crippen LogP contribution in [0.4, 0.5) is 15.4 Å². The van der Waals surface area contributed by atoms with Crippen LogP contribution in [-0.4, -0.2) is 151 Å². The van der Waals surface area contributed by atoms with Crippen LogP contribution in [0.15, 0.2) is 10.6 Å². The molecule has 0 radical (unpaired) electrons. The number of hydrogen-bond donors (Lipinski definition) is 3. The maximum Gasteiger partial charge on any atom is 0.407 e. The first-order valence-electron chi connectivity index (χ1n) is 17.4. The molecule has 16 nitrogen and oxygen atoms in total. The molecule has 4 aliphatic rings. The number of sulfonamides is 1. The molecular weight excluding hydrogens is 656 g/mol. The van der Waals surface area contributed by atoms with Crippen LogP contribution in [0.25, 0.3) is 0 Å². The van der Waals surface area contributed by atoms with Gasteiger partial charge in [-0.2, -0.15) is 0 Å². The Morgan fingerprint density at radius 1 is 0.816 bits per heavy atom. The summed E-state index contributed by atoms with van der Waals surface area (Å²) in [5, 5.41) is 18.9. The van der Waals surface area contributed by atoms with E-state index in [9.17, 15) is 27.6 Å². The van der Waals surface area contributed by atoms with Gasteiger partial charge in [0.15, 0.2) is 5.82 Å². The Hall–Kier alpha value is -3.44. The number of urea groups is 1. The number of nitrogens with one attached hydrogen (secondary N) is 2. The fourth-order valence-electron chi connectivity index (χ4n) is 6.56. The number of anilines is 1. The number of carbonyl (C=O) groups is 4. The Labute approximate surface area is 289 Å². The Morgan fingerprint density at radius 3 is 1.90 bits per heavy atom. The highest BCUT2D eigenvalue weighted by Crippen LogP contribution is 2.25. The van der Waals surface area contributed by atoms with E-state index in [1.54, 1.807) is 11.0 Å². The summed E-state index contributed by atoms with van der Waals surface area (Å²) in [7, 11) is -3.21. The van der Waals surface area contributed by atoms with Gasteiger partial charge in [-0.3, -0.25) is 14.9 Å². The SMILES string of the molecule is CC(C)(C)c1cc(NC(=O)N2CCCN(C(=O)C3CCN(S(C)(=O)=O)CC3)CC2)no1.O=C(O)N1CCCN(C(=O)C2CCCNC2)CC1. The summed E-state index contributed by atoms with van der Waals surface area (Å²) >= 11 is 0. The first kappa shape index (κ1) is 38.4. The summed E-state index contributed by atoms with van der Waals surface area (Å²) in [5.74, 6) is 1.23. The van der Waals surface area contributed by atoms with E-state index in [1.807, 2.05) is 30.6 Å². The van der Waals surface area contributed by atoms with Crippen LogP contribution >= 0.6 is 0 Å². The van der Waals surface area contributed by atoms with Crippen molar-refractivity contribution in [3.05, 3.63) is 11.8 Å². The van der Waals surface area contributed by atoms with Crippen LogP contribution in [0.2, 0.25) is 0 Å². The van der Waals surface area contributed by atoms with Crippen LogP contribution in [0.5, 0.6) is 0 Å². The van der Waals surface area contributed by atoms with Gasteiger partial charge in [0.2, 0.25) is 21.8 Å². The van der Waals surface area contributed by atoms with Crippen LogP contribution in [-0.2, 0) is 25.0 Å². The number of carbonyl (C=O) groups excluding carboxylic acids is 3. The van der Waals surface area contributed by atoms with Crippen LogP contribution in [0.1, 0.15) is 65.1 Å². The lowest BCUT2D eigenvalue weighted by molar-refractivity contribution is -0.137. The summed E-state index contributed by atoms with van der Waals surface area (Å²) in [6.45, 7) is 12.7. The normalized spacial score (nSPS) is 22.0. The zero-order valence-electron chi connectivity index (χ0n) is 29.4. The minimum atomic E-state index is -3.21. The van der Waals surface area contributed by atoms with Gasteiger partial charge < -0.3 is 34.5 Å². The molecule has 17 heteroatoms. The fraction of sp³-hybridized carbons (Fsp3) is 0.781. The topological polar surface area (TPSA) is 189 Å². The van der Waals surface area contributed by atoms with Gasteiger partial charge in [-0.05, 0) is 45.1 Å². The maximum atomic E-state index is 12.9. The molecule has 276 valence electrons. The van der Waals surface area contributed by atoms with Crippen molar-refractivity contribution in [1.29, 1.82) is 0 Å². The van der Waals surface area contributed by atoms with Crippen LogP contribution < -0.4 is 10.6 Å². The second-order valence-corrected chi connectivity index (χ2v) is 16.3. The Morgan fingerprint density at radius 2 is 1.37 bits per heavy atom. The van der Waals surface area contributed by atoms with E-state index >= 15 is 0 Å². The van der Waals surface area contributed by atoms with Gasteiger partial charge in [-0.1, -0.05) is 25.9 Å². The molecule has 4 saturated heterocycles. The monoisotopic (exact) mass is 710 g/mol. The van der Waals surface area contributed by atoms with Crippen LogP contribution in [0.3, 0.4) is 0 Å². The van der Waals surface area contributed by atoms with E-state index in [0.717, 1.165) is 32.4 Å². The van der Waals surface area contributed by atoms with Gasteiger partial charge in [0.25, 0.3) is 0 Å². The van der Waals surface area contributed by atoms with E-state index in [1.165, 1.54) is 15.5 Å². The molecule has 0 spiro atoms. The van der Waals surface area contributed by atoms with Crippen molar-refractivity contribution >= 4 is 39.8 Å². The smallest absolute Gasteiger partial charge is 0.407 e. The molecule has 1 aromatic heterocycles. The number of hydrogen-bond acceptors (Lipinski definition) is 9. The number of nitrogens with zero attached hydrogens (tertiary/aromatic N) is 6. The highest BCUT2D eigenvalue weighted by molar-refractivity contribution is 7.88. The van der Waals surface area contributed by atoms with Crippen LogP contribution in [0, 0.1) is 11.8 Å². The van der Waals surface area contributed by atoms with Gasteiger partial charge in [-0.15, -0.1) is 0 Å². The fourth-order valence-corrected chi connectivity index (χ4v) is 7.43. The quantitative estimate of drug-likeness (QED) is 0.417. The number of piperidine rings is 2. The molecule has 5 heterocycles. The maximum absolute atomic E-state index is 12.9. The van der Waals surface area contributed by atoms with E-state index in [0.29, 0.717) is 96.3 Å². The Kier molecular flexibility index (Phi) is 13.3. The minimum absolute atomic E-state index is 0.0572. The molecule has 0 bridgehead atoms. The van der Waals surface area contributed by atoms with Crippen molar-refractivity contribution in [3.8, 4) is 0 Å². The second kappa shape index (κ2) is 17.0. The predicted molar refractivity (Wildman–Crippen MR) is 183 cm³/mol. The Balaban J connectivity index is 0.000000254. The molecule has 0 aliphatic carbocycles. The molecule has 49 heavy (non-hydrogen) atoms. The highest BCUT2D eigenvalue weighted by atomic mass is 32.2. The minimum Gasteiger partial charge on any atom is -0.465 e. The predicted octanol–water partition coefficient (Wildman–Crippen LogP) is 1.91. The highest BCUT2D eigenvalue weighted by Gasteiger charge is 2.33. The summed E-state index contributed by atoms with van der Waals surface area (Å²) < 4.78 is 30.1. The number of aromatic nitrogens is 1. The van der Waals surface area contributed by atoms with Crippen molar-refractivity contribution < 1.29 is 37.2 Å². The largest absolute Gasteiger partial charge is 0.465 e. The number of rotatable bonds is 4. The standard InChI is InChI=1S/C20H33N5O5S.C12H21N3O3/c1-20(2,3)16-14-17(22-30-16)21-19(27)24-9-5-8-23(12-13-24)18(26)15-6-10-25(11-7-15)31(4,28)29;16-11(10-3-1-4-13-9-10)14-5-2-6-15(8-7-14)12(17)18/h14-15H,5-13H2,1-4H3,(H,21,22,27);10,13H,1-9H2,(H,17,18). The van der Waals surface area contributed by atoms with E-state index in [4.69, 9.17) is 9.63 Å². The average Bonchev–Trinajstić information content (AvgIpc) is 3.24. The summed E-state index contributed by atoms with van der Waals surface area (Å²) in [5.41, 5.74) is -0.198. The molecule has 5 rings (SSSR count). The van der Waals surface area contributed by atoms with E-state index < -0.39 is 16.1 Å². The Bertz CT molecular complexity index is 1400. The molecule has 1 unspecified atom stereocenters. The van der Waals surface area contributed by atoms with Crippen molar-refractivity contribution in [2.75, 3.05) is 90.1 Å². The molecular formula is C32H54N8O8S. The zero-order chi connectivity index (χ0) is 35.8. The van der Waals surface area contributed by atoms with Gasteiger partial charge in [0.1, 0.15) is 5.76 Å².